The Morgan fingerprint density at radius 1 is 1.21 bits per heavy atom. The number of piperidine rings is 1. The van der Waals surface area contributed by atoms with E-state index in [2.05, 4.69) is 20.3 Å². The van der Waals surface area contributed by atoms with E-state index in [0.29, 0.717) is 11.3 Å². The van der Waals surface area contributed by atoms with Crippen LogP contribution in [0.15, 0.2) is 42.6 Å². The van der Waals surface area contributed by atoms with E-state index in [4.69, 9.17) is 0 Å². The van der Waals surface area contributed by atoms with Crippen molar-refractivity contribution in [3.63, 3.8) is 0 Å². The largest absolute Gasteiger partial charge is 0.349 e. The van der Waals surface area contributed by atoms with Gasteiger partial charge in [-0.15, -0.1) is 0 Å². The second-order valence-electron chi connectivity index (χ2n) is 7.08. The van der Waals surface area contributed by atoms with E-state index in [1.807, 2.05) is 25.2 Å². The molecular formula is C20H21F2N5O. The number of rotatable bonds is 4. The molecule has 1 amide bonds. The highest BCUT2D eigenvalue weighted by molar-refractivity contribution is 6.00. The van der Waals surface area contributed by atoms with Gasteiger partial charge in [-0.05, 0) is 39.0 Å². The van der Waals surface area contributed by atoms with E-state index in [1.54, 1.807) is 12.1 Å². The van der Waals surface area contributed by atoms with Crippen molar-refractivity contribution in [2.45, 2.75) is 25.3 Å². The number of alkyl halides is 2. The summed E-state index contributed by atoms with van der Waals surface area (Å²) < 4.78 is 28.3. The number of halogens is 2. The summed E-state index contributed by atoms with van der Waals surface area (Å²) in [7, 11) is 2.05. The predicted octanol–water partition coefficient (Wildman–Crippen LogP) is 3.16. The number of aromatic nitrogens is 3. The van der Waals surface area contributed by atoms with Gasteiger partial charge in [0.2, 0.25) is 0 Å². The number of amides is 1. The molecule has 1 N–H and O–H groups in total. The zero-order valence-corrected chi connectivity index (χ0v) is 15.5. The molecule has 3 aromatic rings. The molecule has 1 aromatic carbocycles. The number of fused-ring (bicyclic) bond motifs is 1. The Balaban J connectivity index is 1.71. The number of likely N-dealkylation sites (tertiary alicyclic amines) is 1. The van der Waals surface area contributed by atoms with Crippen molar-refractivity contribution in [1.29, 1.82) is 0 Å². The summed E-state index contributed by atoms with van der Waals surface area (Å²) in [4.78, 5) is 19.5. The number of hydrogen-bond acceptors (Lipinski definition) is 4. The van der Waals surface area contributed by atoms with Crippen molar-refractivity contribution in [1.82, 2.24) is 24.8 Å². The minimum absolute atomic E-state index is 0.0607. The first-order valence-corrected chi connectivity index (χ1v) is 9.24. The van der Waals surface area contributed by atoms with Gasteiger partial charge in [0, 0.05) is 11.6 Å². The third-order valence-electron chi connectivity index (χ3n) is 5.09. The molecule has 1 aliphatic rings. The summed E-state index contributed by atoms with van der Waals surface area (Å²) in [5, 5.41) is 7.00. The molecule has 1 saturated heterocycles. The molecule has 0 aliphatic carbocycles. The van der Waals surface area contributed by atoms with Crippen LogP contribution in [-0.2, 0) is 0 Å². The van der Waals surface area contributed by atoms with Crippen LogP contribution in [0.4, 0.5) is 8.78 Å². The smallest absolute Gasteiger partial charge is 0.280 e. The first kappa shape index (κ1) is 18.5. The fourth-order valence-electron chi connectivity index (χ4n) is 3.47. The Morgan fingerprint density at radius 2 is 1.93 bits per heavy atom. The second kappa shape index (κ2) is 7.63. The maximum Gasteiger partial charge on any atom is 0.280 e. The number of carbonyl (C=O) groups is 1. The lowest BCUT2D eigenvalue weighted by Crippen LogP contribution is -2.43. The van der Waals surface area contributed by atoms with Gasteiger partial charge in [-0.1, -0.05) is 30.3 Å². The topological polar surface area (TPSA) is 62.5 Å². The molecule has 28 heavy (non-hydrogen) atoms. The molecule has 0 saturated carbocycles. The molecule has 8 heteroatoms. The fourth-order valence-corrected chi connectivity index (χ4v) is 3.47. The average molecular weight is 385 g/mol. The minimum Gasteiger partial charge on any atom is -0.349 e. The van der Waals surface area contributed by atoms with Crippen LogP contribution in [0.5, 0.6) is 0 Å². The number of hydrogen-bond donors (Lipinski definition) is 1. The Bertz CT molecular complexity index is 981. The van der Waals surface area contributed by atoms with Crippen molar-refractivity contribution in [2.24, 2.45) is 0 Å². The number of carbonyl (C=O) groups excluding carboxylic acids is 1. The second-order valence-corrected chi connectivity index (χ2v) is 7.08. The van der Waals surface area contributed by atoms with Gasteiger partial charge in [0.25, 0.3) is 12.3 Å². The van der Waals surface area contributed by atoms with Gasteiger partial charge in [0.05, 0.1) is 11.9 Å². The van der Waals surface area contributed by atoms with Crippen LogP contribution in [0.2, 0.25) is 0 Å². The molecule has 146 valence electrons. The molecule has 1 aliphatic heterocycles. The summed E-state index contributed by atoms with van der Waals surface area (Å²) in [5.41, 5.74) is 1.15. The van der Waals surface area contributed by atoms with Crippen LogP contribution in [0.25, 0.3) is 16.9 Å². The van der Waals surface area contributed by atoms with Crippen molar-refractivity contribution >= 4 is 11.6 Å². The maximum absolute atomic E-state index is 13.6. The normalized spacial score (nSPS) is 16.0. The van der Waals surface area contributed by atoms with Crippen molar-refractivity contribution < 1.29 is 13.6 Å². The van der Waals surface area contributed by atoms with Crippen LogP contribution >= 0.6 is 0 Å². The van der Waals surface area contributed by atoms with Crippen molar-refractivity contribution in [3.8, 4) is 11.3 Å². The predicted molar refractivity (Wildman–Crippen MR) is 101 cm³/mol. The third-order valence-corrected chi connectivity index (χ3v) is 5.09. The molecule has 3 heterocycles. The van der Waals surface area contributed by atoms with Gasteiger partial charge in [0.15, 0.2) is 5.65 Å². The Morgan fingerprint density at radius 3 is 2.61 bits per heavy atom. The summed E-state index contributed by atoms with van der Waals surface area (Å²) in [6.45, 7) is 1.82. The fraction of sp³-hybridized carbons (Fsp3) is 0.350. The molecule has 6 nitrogen and oxygen atoms in total. The van der Waals surface area contributed by atoms with Crippen LogP contribution in [0.1, 0.15) is 35.3 Å². The lowest BCUT2D eigenvalue weighted by atomic mass is 10.1. The number of benzene rings is 1. The Hall–Kier alpha value is -2.87. The van der Waals surface area contributed by atoms with E-state index in [9.17, 15) is 13.6 Å². The van der Waals surface area contributed by atoms with Crippen LogP contribution in [0, 0.1) is 0 Å². The molecule has 0 atom stereocenters. The first-order chi connectivity index (χ1) is 13.5. The lowest BCUT2D eigenvalue weighted by Gasteiger charge is -2.29. The molecule has 0 unspecified atom stereocenters. The van der Waals surface area contributed by atoms with E-state index in [1.165, 1.54) is 12.3 Å². The highest BCUT2D eigenvalue weighted by Gasteiger charge is 2.24. The molecule has 0 spiro atoms. The lowest BCUT2D eigenvalue weighted by molar-refractivity contribution is 0.0918. The summed E-state index contributed by atoms with van der Waals surface area (Å²) in [6.07, 6.45) is 0.282. The standard InChI is InChI=1S/C20H21F2N5O/c1-26-9-7-14(8-10-26)24-20(28)15-12-23-27-17(18(21)22)11-16(25-19(15)27)13-5-3-2-4-6-13/h2-6,11-12,14,18H,7-10H2,1H3,(H,24,28). The van der Waals surface area contributed by atoms with E-state index in [0.717, 1.165) is 30.4 Å². The van der Waals surface area contributed by atoms with Crippen LogP contribution in [0.3, 0.4) is 0 Å². The zero-order chi connectivity index (χ0) is 19.7. The molecular weight excluding hydrogens is 364 g/mol. The summed E-state index contributed by atoms with van der Waals surface area (Å²) in [5.74, 6) is -0.331. The zero-order valence-electron chi connectivity index (χ0n) is 15.5. The highest BCUT2D eigenvalue weighted by Crippen LogP contribution is 2.26. The molecule has 1 fully saturated rings. The van der Waals surface area contributed by atoms with E-state index < -0.39 is 6.43 Å². The van der Waals surface area contributed by atoms with Gasteiger partial charge in [-0.2, -0.15) is 5.10 Å². The van der Waals surface area contributed by atoms with Gasteiger partial charge in [0.1, 0.15) is 11.3 Å². The van der Waals surface area contributed by atoms with Crippen LogP contribution in [-0.4, -0.2) is 51.6 Å². The quantitative estimate of drug-likeness (QED) is 0.749. The van der Waals surface area contributed by atoms with E-state index >= 15 is 0 Å². The molecule has 2 aromatic heterocycles. The maximum atomic E-state index is 13.6. The first-order valence-electron chi connectivity index (χ1n) is 9.24. The van der Waals surface area contributed by atoms with Crippen LogP contribution < -0.4 is 5.32 Å². The van der Waals surface area contributed by atoms with E-state index in [-0.39, 0.29) is 28.9 Å². The summed E-state index contributed by atoms with van der Waals surface area (Å²) >= 11 is 0. The summed E-state index contributed by atoms with van der Waals surface area (Å²) in [6, 6.07) is 10.4. The van der Waals surface area contributed by atoms with Crippen molar-refractivity contribution in [2.75, 3.05) is 20.1 Å². The Labute approximate surface area is 161 Å². The number of nitrogens with zero attached hydrogens (tertiary/aromatic N) is 4. The highest BCUT2D eigenvalue weighted by atomic mass is 19.3. The van der Waals surface area contributed by atoms with Gasteiger partial charge in [-0.25, -0.2) is 18.3 Å². The molecule has 4 rings (SSSR count). The Kier molecular flexibility index (Phi) is 5.04. The molecule has 0 bridgehead atoms. The number of nitrogens with one attached hydrogen (secondary N) is 1. The third kappa shape index (κ3) is 3.60. The average Bonchev–Trinajstić information content (AvgIpc) is 3.13. The monoisotopic (exact) mass is 385 g/mol. The van der Waals surface area contributed by atoms with Gasteiger partial charge >= 0.3 is 0 Å². The SMILES string of the molecule is CN1CCC(NC(=O)c2cnn3c(C(F)F)cc(-c4ccccc4)nc23)CC1. The van der Waals surface area contributed by atoms with Gasteiger partial charge in [-0.3, -0.25) is 4.79 Å². The molecule has 0 radical (unpaired) electrons. The van der Waals surface area contributed by atoms with Gasteiger partial charge < -0.3 is 10.2 Å². The van der Waals surface area contributed by atoms with Crippen molar-refractivity contribution in [3.05, 3.63) is 53.9 Å². The minimum atomic E-state index is -2.74.